The van der Waals surface area contributed by atoms with Crippen molar-refractivity contribution < 1.29 is 14.7 Å². The highest BCUT2D eigenvalue weighted by Crippen LogP contribution is 2.48. The van der Waals surface area contributed by atoms with Crippen LogP contribution in [0, 0.1) is 29.1 Å². The fraction of sp³-hybridized carbons (Fsp3) is 0.765. The summed E-state index contributed by atoms with van der Waals surface area (Å²) in [5.74, 6) is -1.60. The predicted molar refractivity (Wildman–Crippen MR) is 79.6 cm³/mol. The Morgan fingerprint density at radius 1 is 1.14 bits per heavy atom. The van der Waals surface area contributed by atoms with E-state index in [2.05, 4.69) is 12.2 Å². The van der Waals surface area contributed by atoms with Crippen LogP contribution in [0.4, 0.5) is 0 Å². The van der Waals surface area contributed by atoms with Gasteiger partial charge in [-0.25, -0.2) is 0 Å². The summed E-state index contributed by atoms with van der Waals surface area (Å²) in [4.78, 5) is 24.0. The van der Waals surface area contributed by atoms with Crippen molar-refractivity contribution >= 4 is 11.9 Å². The number of hydrogen-bond donors (Lipinski definition) is 2. The van der Waals surface area contributed by atoms with E-state index in [1.165, 1.54) is 19.3 Å². The molecule has 4 heteroatoms. The molecule has 3 aliphatic rings. The number of carbonyl (C=O) groups excluding carboxylic acids is 1. The minimum absolute atomic E-state index is 0.0496. The summed E-state index contributed by atoms with van der Waals surface area (Å²) in [5, 5.41) is 12.5. The number of carbonyl (C=O) groups is 2. The van der Waals surface area contributed by atoms with Crippen molar-refractivity contribution in [2.45, 2.75) is 45.4 Å². The zero-order valence-electron chi connectivity index (χ0n) is 12.7. The van der Waals surface area contributed by atoms with Gasteiger partial charge >= 0.3 is 5.97 Å². The van der Waals surface area contributed by atoms with Crippen LogP contribution < -0.4 is 5.32 Å². The molecule has 0 saturated heterocycles. The number of carboxylic acid groups (broad SMARTS) is 1. The smallest absolute Gasteiger partial charge is 0.307 e. The van der Waals surface area contributed by atoms with Crippen molar-refractivity contribution in [3.63, 3.8) is 0 Å². The van der Waals surface area contributed by atoms with Crippen molar-refractivity contribution in [3.05, 3.63) is 12.2 Å². The Morgan fingerprint density at radius 3 is 2.38 bits per heavy atom. The average molecular weight is 291 g/mol. The normalized spacial score (nSPS) is 36.6. The van der Waals surface area contributed by atoms with Gasteiger partial charge in [-0.1, -0.05) is 38.3 Å². The number of aliphatic carboxylic acids is 1. The van der Waals surface area contributed by atoms with E-state index >= 15 is 0 Å². The Balaban J connectivity index is 1.62. The van der Waals surface area contributed by atoms with Gasteiger partial charge in [0.1, 0.15) is 0 Å². The third-order valence-corrected chi connectivity index (χ3v) is 5.80. The molecule has 2 fully saturated rings. The molecule has 2 bridgehead atoms. The number of rotatable bonds is 4. The Hall–Kier alpha value is -1.32. The zero-order chi connectivity index (χ0) is 15.0. The lowest BCUT2D eigenvalue weighted by molar-refractivity contribution is -0.147. The Kier molecular flexibility index (Phi) is 3.80. The molecule has 3 rings (SSSR count). The summed E-state index contributed by atoms with van der Waals surface area (Å²) >= 11 is 0. The molecule has 2 unspecified atom stereocenters. The third kappa shape index (κ3) is 2.72. The van der Waals surface area contributed by atoms with Gasteiger partial charge in [-0.15, -0.1) is 0 Å². The monoisotopic (exact) mass is 291 g/mol. The summed E-state index contributed by atoms with van der Waals surface area (Å²) in [5.41, 5.74) is 0.195. The molecule has 4 atom stereocenters. The lowest BCUT2D eigenvalue weighted by Gasteiger charge is -2.34. The summed E-state index contributed by atoms with van der Waals surface area (Å²) in [7, 11) is 0. The van der Waals surface area contributed by atoms with Gasteiger partial charge in [0.15, 0.2) is 0 Å². The third-order valence-electron chi connectivity index (χ3n) is 5.80. The summed E-state index contributed by atoms with van der Waals surface area (Å²) < 4.78 is 0. The van der Waals surface area contributed by atoms with Crippen LogP contribution in [-0.4, -0.2) is 23.5 Å². The second-order valence-corrected chi connectivity index (χ2v) is 7.43. The molecule has 0 aromatic heterocycles. The van der Waals surface area contributed by atoms with Gasteiger partial charge in [0.2, 0.25) is 5.91 Å². The average Bonchev–Trinajstić information content (AvgIpc) is 3.06. The fourth-order valence-corrected chi connectivity index (χ4v) is 4.52. The van der Waals surface area contributed by atoms with E-state index in [4.69, 9.17) is 0 Å². The number of allylic oxidation sites excluding steroid dienone is 2. The summed E-state index contributed by atoms with van der Waals surface area (Å²) in [6.07, 6.45) is 10.9. The highest BCUT2D eigenvalue weighted by molar-refractivity contribution is 5.86. The quantitative estimate of drug-likeness (QED) is 0.782. The molecular formula is C17H25NO3. The number of nitrogens with one attached hydrogen (secondary N) is 1. The Morgan fingerprint density at radius 2 is 1.76 bits per heavy atom. The first-order valence-electron chi connectivity index (χ1n) is 8.19. The molecule has 0 aromatic carbocycles. The van der Waals surface area contributed by atoms with Crippen molar-refractivity contribution in [3.8, 4) is 0 Å². The molecule has 0 radical (unpaired) electrons. The van der Waals surface area contributed by atoms with Crippen LogP contribution in [0.2, 0.25) is 0 Å². The van der Waals surface area contributed by atoms with Crippen molar-refractivity contribution in [2.24, 2.45) is 29.1 Å². The maximum Gasteiger partial charge on any atom is 0.307 e. The van der Waals surface area contributed by atoms with Gasteiger partial charge in [-0.05, 0) is 36.5 Å². The molecule has 2 N–H and O–H groups in total. The SMILES string of the molecule is CC1(CNC(=O)[C@H]2C3C=CC(C3)[C@H]2C(=O)O)CCCCC1. The molecule has 0 aromatic rings. The predicted octanol–water partition coefficient (Wildman–Crippen LogP) is 2.60. The van der Waals surface area contributed by atoms with Crippen LogP contribution in [0.3, 0.4) is 0 Å². The van der Waals surface area contributed by atoms with Crippen LogP contribution in [0.1, 0.15) is 45.4 Å². The standard InChI is InChI=1S/C17H25NO3/c1-17(7-3-2-4-8-17)10-18-15(19)13-11-5-6-12(9-11)14(13)16(20)21/h5-6,11-14H,2-4,7-10H2,1H3,(H,18,19)(H,20,21)/t11?,12?,13-,14+/m0/s1. The first-order chi connectivity index (χ1) is 10.0. The molecule has 116 valence electrons. The largest absolute Gasteiger partial charge is 0.481 e. The second-order valence-electron chi connectivity index (χ2n) is 7.43. The highest BCUT2D eigenvalue weighted by atomic mass is 16.4. The van der Waals surface area contributed by atoms with Gasteiger partial charge in [0, 0.05) is 6.54 Å². The van der Waals surface area contributed by atoms with E-state index < -0.39 is 11.9 Å². The van der Waals surface area contributed by atoms with E-state index in [9.17, 15) is 14.7 Å². The van der Waals surface area contributed by atoms with Gasteiger partial charge in [0.25, 0.3) is 0 Å². The van der Waals surface area contributed by atoms with Gasteiger partial charge in [-0.3, -0.25) is 9.59 Å². The van der Waals surface area contributed by atoms with E-state index in [1.807, 2.05) is 12.2 Å². The number of fused-ring (bicyclic) bond motifs is 2. The van der Waals surface area contributed by atoms with Crippen LogP contribution in [0.25, 0.3) is 0 Å². The first kappa shape index (κ1) is 14.6. The van der Waals surface area contributed by atoms with Crippen LogP contribution in [0.15, 0.2) is 12.2 Å². The maximum atomic E-state index is 12.5. The zero-order valence-corrected chi connectivity index (χ0v) is 12.7. The molecule has 2 saturated carbocycles. The molecule has 0 spiro atoms. The summed E-state index contributed by atoms with van der Waals surface area (Å²) in [6, 6.07) is 0. The minimum atomic E-state index is -0.823. The van der Waals surface area contributed by atoms with Crippen molar-refractivity contribution in [2.75, 3.05) is 6.54 Å². The lowest BCUT2D eigenvalue weighted by Crippen LogP contribution is -2.44. The fourth-order valence-electron chi connectivity index (χ4n) is 4.52. The molecule has 0 heterocycles. The molecule has 0 aliphatic heterocycles. The van der Waals surface area contributed by atoms with E-state index in [-0.39, 0.29) is 29.1 Å². The molecule has 4 nitrogen and oxygen atoms in total. The first-order valence-corrected chi connectivity index (χ1v) is 8.19. The number of carboxylic acids is 1. The summed E-state index contributed by atoms with van der Waals surface area (Å²) in [6.45, 7) is 2.93. The number of hydrogen-bond acceptors (Lipinski definition) is 2. The number of amides is 1. The van der Waals surface area contributed by atoms with E-state index in [0.717, 1.165) is 19.3 Å². The van der Waals surface area contributed by atoms with Crippen molar-refractivity contribution in [1.29, 1.82) is 0 Å². The lowest BCUT2D eigenvalue weighted by atomic mass is 9.75. The molecule has 21 heavy (non-hydrogen) atoms. The van der Waals surface area contributed by atoms with Crippen molar-refractivity contribution in [1.82, 2.24) is 5.32 Å². The van der Waals surface area contributed by atoms with Crippen LogP contribution in [0.5, 0.6) is 0 Å². The Labute approximate surface area is 126 Å². The van der Waals surface area contributed by atoms with E-state index in [1.54, 1.807) is 0 Å². The van der Waals surface area contributed by atoms with Gasteiger partial charge < -0.3 is 10.4 Å². The van der Waals surface area contributed by atoms with E-state index in [0.29, 0.717) is 6.54 Å². The second kappa shape index (κ2) is 5.47. The molecule has 3 aliphatic carbocycles. The molecular weight excluding hydrogens is 266 g/mol. The van der Waals surface area contributed by atoms with Gasteiger partial charge in [0.05, 0.1) is 11.8 Å². The topological polar surface area (TPSA) is 66.4 Å². The molecule has 1 amide bonds. The highest BCUT2D eigenvalue weighted by Gasteiger charge is 2.51. The Bertz CT molecular complexity index is 465. The maximum absolute atomic E-state index is 12.5. The van der Waals surface area contributed by atoms with Crippen LogP contribution in [-0.2, 0) is 9.59 Å². The minimum Gasteiger partial charge on any atom is -0.481 e. The van der Waals surface area contributed by atoms with Gasteiger partial charge in [-0.2, -0.15) is 0 Å². The van der Waals surface area contributed by atoms with Crippen LogP contribution >= 0.6 is 0 Å².